The van der Waals surface area contributed by atoms with Crippen molar-refractivity contribution in [2.75, 3.05) is 31.7 Å². The van der Waals surface area contributed by atoms with Crippen LogP contribution in [0.15, 0.2) is 24.3 Å². The predicted molar refractivity (Wildman–Crippen MR) is 83.7 cm³/mol. The van der Waals surface area contributed by atoms with Gasteiger partial charge >= 0.3 is 0 Å². The van der Waals surface area contributed by atoms with E-state index in [0.29, 0.717) is 25.0 Å². The fourth-order valence-electron chi connectivity index (χ4n) is 3.01. The molecule has 1 heterocycles. The van der Waals surface area contributed by atoms with Crippen LogP contribution in [-0.4, -0.2) is 38.8 Å². The Morgan fingerprint density at radius 3 is 2.95 bits per heavy atom. The number of carbonyl (C=O) groups is 1. The van der Waals surface area contributed by atoms with E-state index >= 15 is 0 Å². The number of hydrogen-bond donors (Lipinski definition) is 1. The van der Waals surface area contributed by atoms with Gasteiger partial charge in [0, 0.05) is 50.9 Å². The van der Waals surface area contributed by atoms with E-state index in [9.17, 15) is 4.79 Å². The molecule has 1 N–H and O–H groups in total. The molecule has 4 heteroatoms. The summed E-state index contributed by atoms with van der Waals surface area (Å²) in [7, 11) is 1.68. The predicted octanol–water partition coefficient (Wildman–Crippen LogP) is 2.30. The van der Waals surface area contributed by atoms with Crippen molar-refractivity contribution in [1.82, 2.24) is 5.32 Å². The molecule has 0 aromatic heterocycles. The molecule has 1 amide bonds. The number of methoxy groups -OCH3 is 1. The van der Waals surface area contributed by atoms with Crippen LogP contribution in [0.3, 0.4) is 0 Å². The van der Waals surface area contributed by atoms with Gasteiger partial charge in [-0.2, -0.15) is 0 Å². The van der Waals surface area contributed by atoms with E-state index in [4.69, 9.17) is 4.74 Å². The fourth-order valence-corrected chi connectivity index (χ4v) is 3.01. The number of nitrogens with one attached hydrogen (secondary N) is 1. The van der Waals surface area contributed by atoms with Gasteiger partial charge in [-0.1, -0.05) is 18.2 Å². The SMILES string of the molecule is COCCCC(=O)N1CC(CNC2CC2)c2ccccc21. The second-order valence-corrected chi connectivity index (χ2v) is 6.04. The van der Waals surface area contributed by atoms with Gasteiger partial charge in [-0.3, -0.25) is 4.79 Å². The summed E-state index contributed by atoms with van der Waals surface area (Å²) in [5.41, 5.74) is 2.41. The number of ether oxygens (including phenoxy) is 1. The highest BCUT2D eigenvalue weighted by atomic mass is 16.5. The van der Waals surface area contributed by atoms with Crippen LogP contribution >= 0.6 is 0 Å². The van der Waals surface area contributed by atoms with Crippen LogP contribution in [0.25, 0.3) is 0 Å². The van der Waals surface area contributed by atoms with Crippen LogP contribution in [0.1, 0.15) is 37.2 Å². The maximum Gasteiger partial charge on any atom is 0.227 e. The molecule has 1 fully saturated rings. The first kappa shape index (κ1) is 14.5. The average molecular weight is 288 g/mol. The Morgan fingerprint density at radius 1 is 1.38 bits per heavy atom. The molecule has 4 nitrogen and oxygen atoms in total. The molecule has 0 radical (unpaired) electrons. The zero-order valence-electron chi connectivity index (χ0n) is 12.7. The van der Waals surface area contributed by atoms with Crippen LogP contribution in [0.2, 0.25) is 0 Å². The highest BCUT2D eigenvalue weighted by Crippen LogP contribution is 2.36. The summed E-state index contributed by atoms with van der Waals surface area (Å²) in [6.07, 6.45) is 3.95. The molecule has 1 aliphatic heterocycles. The topological polar surface area (TPSA) is 41.6 Å². The van der Waals surface area contributed by atoms with Gasteiger partial charge < -0.3 is 15.0 Å². The Labute approximate surface area is 126 Å². The summed E-state index contributed by atoms with van der Waals surface area (Å²) in [6, 6.07) is 9.04. The van der Waals surface area contributed by atoms with Crippen LogP contribution in [0.5, 0.6) is 0 Å². The van der Waals surface area contributed by atoms with Crippen molar-refractivity contribution in [1.29, 1.82) is 0 Å². The van der Waals surface area contributed by atoms with Gasteiger partial charge in [-0.05, 0) is 30.9 Å². The normalized spacial score (nSPS) is 20.6. The molecule has 1 aromatic carbocycles. The standard InChI is InChI=1S/C17H24N2O2/c1-21-10-4-7-17(20)19-12-13(11-18-14-8-9-14)15-5-2-3-6-16(15)19/h2-3,5-6,13-14,18H,4,7-12H2,1H3. The summed E-state index contributed by atoms with van der Waals surface area (Å²) in [5, 5.41) is 3.59. The number of amides is 1. The summed E-state index contributed by atoms with van der Waals surface area (Å²) in [4.78, 5) is 14.4. The zero-order valence-corrected chi connectivity index (χ0v) is 12.7. The first-order valence-electron chi connectivity index (χ1n) is 7.91. The van der Waals surface area contributed by atoms with Crippen LogP contribution < -0.4 is 10.2 Å². The van der Waals surface area contributed by atoms with Crippen molar-refractivity contribution in [2.45, 2.75) is 37.6 Å². The number of benzene rings is 1. The molecule has 1 aromatic rings. The summed E-state index contributed by atoms with van der Waals surface area (Å²) >= 11 is 0. The van der Waals surface area contributed by atoms with E-state index < -0.39 is 0 Å². The first-order chi connectivity index (χ1) is 10.3. The Morgan fingerprint density at radius 2 is 2.19 bits per heavy atom. The van der Waals surface area contributed by atoms with Gasteiger partial charge in [-0.15, -0.1) is 0 Å². The van der Waals surface area contributed by atoms with E-state index in [-0.39, 0.29) is 5.91 Å². The molecular formula is C17H24N2O2. The summed E-state index contributed by atoms with van der Waals surface area (Å²) in [6.45, 7) is 2.43. The van der Waals surface area contributed by atoms with E-state index in [0.717, 1.165) is 25.2 Å². The molecule has 0 spiro atoms. The van der Waals surface area contributed by atoms with Gasteiger partial charge in [-0.25, -0.2) is 0 Å². The Kier molecular flexibility index (Phi) is 4.56. The van der Waals surface area contributed by atoms with E-state index in [1.54, 1.807) is 7.11 Å². The summed E-state index contributed by atoms with van der Waals surface area (Å²) < 4.78 is 5.04. The lowest BCUT2D eigenvalue weighted by molar-refractivity contribution is -0.118. The molecule has 1 aliphatic carbocycles. The second-order valence-electron chi connectivity index (χ2n) is 6.04. The molecule has 2 aliphatic rings. The largest absolute Gasteiger partial charge is 0.385 e. The Hall–Kier alpha value is -1.39. The third-order valence-electron chi connectivity index (χ3n) is 4.34. The lowest BCUT2D eigenvalue weighted by atomic mass is 10.0. The monoisotopic (exact) mass is 288 g/mol. The van der Waals surface area contributed by atoms with Crippen molar-refractivity contribution >= 4 is 11.6 Å². The van der Waals surface area contributed by atoms with Crippen LogP contribution in [0.4, 0.5) is 5.69 Å². The number of anilines is 1. The van der Waals surface area contributed by atoms with Crippen molar-refractivity contribution < 1.29 is 9.53 Å². The molecule has 21 heavy (non-hydrogen) atoms. The lowest BCUT2D eigenvalue weighted by Crippen LogP contribution is -2.32. The number of nitrogens with zero attached hydrogens (tertiary/aromatic N) is 1. The van der Waals surface area contributed by atoms with E-state index in [1.807, 2.05) is 11.0 Å². The molecule has 1 unspecified atom stereocenters. The van der Waals surface area contributed by atoms with Gasteiger partial charge in [0.1, 0.15) is 0 Å². The molecule has 0 bridgehead atoms. The number of rotatable bonds is 7. The average Bonchev–Trinajstić information content (AvgIpc) is 3.26. The summed E-state index contributed by atoms with van der Waals surface area (Å²) in [5.74, 6) is 0.640. The van der Waals surface area contributed by atoms with Gasteiger partial charge in [0.05, 0.1) is 0 Å². The Bertz CT molecular complexity index is 499. The molecule has 1 atom stereocenters. The second kappa shape index (κ2) is 6.58. The number of carbonyl (C=O) groups excluding carboxylic acids is 1. The molecule has 1 saturated carbocycles. The molecule has 114 valence electrons. The van der Waals surface area contributed by atoms with E-state index in [1.165, 1.54) is 18.4 Å². The minimum Gasteiger partial charge on any atom is -0.385 e. The maximum atomic E-state index is 12.4. The van der Waals surface area contributed by atoms with Gasteiger partial charge in [0.25, 0.3) is 0 Å². The van der Waals surface area contributed by atoms with Crippen LogP contribution in [-0.2, 0) is 9.53 Å². The van der Waals surface area contributed by atoms with Crippen LogP contribution in [0, 0.1) is 0 Å². The molecular weight excluding hydrogens is 264 g/mol. The highest BCUT2D eigenvalue weighted by molar-refractivity contribution is 5.95. The zero-order chi connectivity index (χ0) is 14.7. The Balaban J connectivity index is 1.66. The lowest BCUT2D eigenvalue weighted by Gasteiger charge is -2.18. The smallest absolute Gasteiger partial charge is 0.227 e. The third-order valence-corrected chi connectivity index (χ3v) is 4.34. The van der Waals surface area contributed by atoms with Gasteiger partial charge in [0.2, 0.25) is 5.91 Å². The third kappa shape index (κ3) is 3.44. The maximum absolute atomic E-state index is 12.4. The highest BCUT2D eigenvalue weighted by Gasteiger charge is 2.32. The molecule has 0 saturated heterocycles. The van der Waals surface area contributed by atoms with Crippen molar-refractivity contribution in [3.05, 3.63) is 29.8 Å². The fraction of sp³-hybridized carbons (Fsp3) is 0.588. The van der Waals surface area contributed by atoms with Gasteiger partial charge in [0.15, 0.2) is 0 Å². The van der Waals surface area contributed by atoms with Crippen molar-refractivity contribution in [3.63, 3.8) is 0 Å². The van der Waals surface area contributed by atoms with Crippen molar-refractivity contribution in [2.24, 2.45) is 0 Å². The minimum atomic E-state index is 0.216. The minimum absolute atomic E-state index is 0.216. The van der Waals surface area contributed by atoms with E-state index in [2.05, 4.69) is 23.5 Å². The first-order valence-corrected chi connectivity index (χ1v) is 7.91. The number of hydrogen-bond acceptors (Lipinski definition) is 3. The quantitative estimate of drug-likeness (QED) is 0.783. The molecule has 3 rings (SSSR count). The number of fused-ring (bicyclic) bond motifs is 1. The van der Waals surface area contributed by atoms with Crippen molar-refractivity contribution in [3.8, 4) is 0 Å². The number of para-hydroxylation sites is 1.